The second kappa shape index (κ2) is 11.5. The van der Waals surface area contributed by atoms with Gasteiger partial charge in [-0.2, -0.15) is 0 Å². The summed E-state index contributed by atoms with van der Waals surface area (Å²) < 4.78 is 5.85. The topological polar surface area (TPSA) is 58.6 Å². The molecule has 0 bridgehead atoms. The summed E-state index contributed by atoms with van der Waals surface area (Å²) in [5, 5.41) is 12.2. The van der Waals surface area contributed by atoms with E-state index in [-0.39, 0.29) is 6.42 Å². The van der Waals surface area contributed by atoms with Gasteiger partial charge < -0.3 is 15.2 Å². The fourth-order valence-corrected chi connectivity index (χ4v) is 2.94. The van der Waals surface area contributed by atoms with Crippen molar-refractivity contribution in [1.82, 2.24) is 5.32 Å². The molecule has 28 heavy (non-hydrogen) atoms. The fourth-order valence-electron chi connectivity index (χ4n) is 2.71. The molecule has 5 heteroatoms. The molecule has 150 valence electrons. The molecule has 0 fully saturated rings. The number of aliphatic carboxylic acids is 1. The van der Waals surface area contributed by atoms with E-state index in [1.54, 1.807) is 0 Å². The third-order valence-electron chi connectivity index (χ3n) is 4.12. The molecule has 0 atom stereocenters. The Morgan fingerprint density at radius 3 is 2.54 bits per heavy atom. The summed E-state index contributed by atoms with van der Waals surface area (Å²) >= 11 is 6.33. The molecule has 0 saturated carbocycles. The number of rotatable bonds is 11. The molecule has 0 radical (unpaired) electrons. The third kappa shape index (κ3) is 8.15. The molecule has 0 spiro atoms. The highest BCUT2D eigenvalue weighted by Gasteiger charge is 2.03. The standard InChI is InChI=1S/C23H28ClNO3/c1-17(2)14-18-5-7-19(8-6-18)16-28-21-10-9-20(22(24)15-21)4-3-12-25-13-11-23(26)27/h3-10,15,17,25H,11-14,16H2,1-2H3,(H,26,27). The normalized spacial score (nSPS) is 11.3. The van der Waals surface area contributed by atoms with Crippen molar-refractivity contribution >= 4 is 23.6 Å². The van der Waals surface area contributed by atoms with Crippen molar-refractivity contribution in [3.05, 3.63) is 70.3 Å². The average molecular weight is 402 g/mol. The Kier molecular flexibility index (Phi) is 9.05. The van der Waals surface area contributed by atoms with Gasteiger partial charge in [0.1, 0.15) is 12.4 Å². The molecule has 0 aliphatic carbocycles. The van der Waals surface area contributed by atoms with Crippen LogP contribution < -0.4 is 10.1 Å². The van der Waals surface area contributed by atoms with E-state index in [0.29, 0.717) is 30.6 Å². The number of ether oxygens (including phenoxy) is 1. The van der Waals surface area contributed by atoms with Crippen LogP contribution in [0.25, 0.3) is 6.08 Å². The van der Waals surface area contributed by atoms with Crippen molar-refractivity contribution in [3.8, 4) is 5.75 Å². The SMILES string of the molecule is CC(C)Cc1ccc(COc2ccc(C=CCNCCC(=O)O)c(Cl)c2)cc1. The molecule has 0 saturated heterocycles. The lowest BCUT2D eigenvalue weighted by Crippen LogP contribution is -2.17. The molecule has 0 unspecified atom stereocenters. The fraction of sp³-hybridized carbons (Fsp3) is 0.348. The zero-order chi connectivity index (χ0) is 20.4. The molecule has 2 aromatic rings. The van der Waals surface area contributed by atoms with Gasteiger partial charge in [0.25, 0.3) is 0 Å². The second-order valence-electron chi connectivity index (χ2n) is 7.14. The minimum atomic E-state index is -0.804. The van der Waals surface area contributed by atoms with Crippen LogP contribution in [-0.4, -0.2) is 24.2 Å². The van der Waals surface area contributed by atoms with Crippen LogP contribution in [0.4, 0.5) is 0 Å². The van der Waals surface area contributed by atoms with Crippen LogP contribution in [-0.2, 0) is 17.8 Å². The Balaban J connectivity index is 1.82. The van der Waals surface area contributed by atoms with Crippen LogP contribution in [0.1, 0.15) is 37.0 Å². The van der Waals surface area contributed by atoms with E-state index < -0.39 is 5.97 Å². The zero-order valence-electron chi connectivity index (χ0n) is 16.5. The van der Waals surface area contributed by atoms with Crippen LogP contribution in [0.3, 0.4) is 0 Å². The first-order valence-corrected chi connectivity index (χ1v) is 9.91. The van der Waals surface area contributed by atoms with Crippen LogP contribution in [0, 0.1) is 5.92 Å². The van der Waals surface area contributed by atoms with E-state index in [9.17, 15) is 4.79 Å². The number of benzene rings is 2. The lowest BCUT2D eigenvalue weighted by molar-refractivity contribution is -0.136. The molecule has 4 nitrogen and oxygen atoms in total. The van der Waals surface area contributed by atoms with E-state index in [0.717, 1.165) is 23.3 Å². The number of halogens is 1. The molecule has 2 N–H and O–H groups in total. The van der Waals surface area contributed by atoms with E-state index >= 15 is 0 Å². The summed E-state index contributed by atoms with van der Waals surface area (Å²) in [5.41, 5.74) is 3.36. The van der Waals surface area contributed by atoms with Gasteiger partial charge in [-0.25, -0.2) is 0 Å². The minimum Gasteiger partial charge on any atom is -0.489 e. The van der Waals surface area contributed by atoms with Gasteiger partial charge in [-0.15, -0.1) is 0 Å². The van der Waals surface area contributed by atoms with Crippen LogP contribution in [0.5, 0.6) is 5.75 Å². The van der Waals surface area contributed by atoms with E-state index in [1.807, 2.05) is 30.4 Å². The van der Waals surface area contributed by atoms with E-state index in [4.69, 9.17) is 21.4 Å². The van der Waals surface area contributed by atoms with Crippen molar-refractivity contribution < 1.29 is 14.6 Å². The minimum absolute atomic E-state index is 0.112. The predicted molar refractivity (Wildman–Crippen MR) is 115 cm³/mol. The Labute approximate surface area is 172 Å². The first kappa shape index (κ1) is 22.0. The van der Waals surface area contributed by atoms with Gasteiger partial charge in [0.15, 0.2) is 0 Å². The number of nitrogens with one attached hydrogen (secondary N) is 1. The van der Waals surface area contributed by atoms with Gasteiger partial charge in [-0.3, -0.25) is 4.79 Å². The molecular formula is C23H28ClNO3. The van der Waals surface area contributed by atoms with Gasteiger partial charge in [-0.05, 0) is 47.2 Å². The van der Waals surface area contributed by atoms with E-state index in [1.165, 1.54) is 5.56 Å². The monoisotopic (exact) mass is 401 g/mol. The summed E-state index contributed by atoms with van der Waals surface area (Å²) in [7, 11) is 0. The van der Waals surface area contributed by atoms with Gasteiger partial charge in [0.2, 0.25) is 0 Å². The molecular weight excluding hydrogens is 374 g/mol. The van der Waals surface area contributed by atoms with Crippen molar-refractivity contribution in [1.29, 1.82) is 0 Å². The molecule has 0 aliphatic heterocycles. The summed E-state index contributed by atoms with van der Waals surface area (Å²) in [4.78, 5) is 10.4. The van der Waals surface area contributed by atoms with Crippen LogP contribution in [0.2, 0.25) is 5.02 Å². The number of carboxylic acids is 1. The molecule has 0 aliphatic rings. The molecule has 0 heterocycles. The highest BCUT2D eigenvalue weighted by Crippen LogP contribution is 2.24. The highest BCUT2D eigenvalue weighted by atomic mass is 35.5. The van der Waals surface area contributed by atoms with Crippen molar-refractivity contribution in [3.63, 3.8) is 0 Å². The maximum absolute atomic E-state index is 10.4. The van der Waals surface area contributed by atoms with Crippen molar-refractivity contribution in [2.24, 2.45) is 5.92 Å². The second-order valence-corrected chi connectivity index (χ2v) is 7.54. The zero-order valence-corrected chi connectivity index (χ0v) is 17.2. The van der Waals surface area contributed by atoms with Crippen LogP contribution >= 0.6 is 11.6 Å². The molecule has 0 amide bonds. The predicted octanol–water partition coefficient (Wildman–Crippen LogP) is 5.20. The summed E-state index contributed by atoms with van der Waals surface area (Å²) in [6, 6.07) is 14.1. The Hall–Kier alpha value is -2.30. The van der Waals surface area contributed by atoms with Gasteiger partial charge in [-0.1, -0.05) is 61.9 Å². The first-order valence-electron chi connectivity index (χ1n) is 9.53. The maximum atomic E-state index is 10.4. The highest BCUT2D eigenvalue weighted by molar-refractivity contribution is 6.32. The molecule has 2 rings (SSSR count). The number of carboxylic acid groups (broad SMARTS) is 1. The summed E-state index contributed by atoms with van der Waals surface area (Å²) in [6.45, 7) is 5.97. The number of hydrogen-bond acceptors (Lipinski definition) is 3. The maximum Gasteiger partial charge on any atom is 0.304 e. The van der Waals surface area contributed by atoms with Gasteiger partial charge in [0, 0.05) is 13.1 Å². The van der Waals surface area contributed by atoms with Crippen molar-refractivity contribution in [2.45, 2.75) is 33.3 Å². The van der Waals surface area contributed by atoms with Gasteiger partial charge >= 0.3 is 5.97 Å². The quantitative estimate of drug-likeness (QED) is 0.508. The number of carbonyl (C=O) groups is 1. The van der Waals surface area contributed by atoms with Crippen molar-refractivity contribution in [2.75, 3.05) is 13.1 Å². The Morgan fingerprint density at radius 2 is 1.89 bits per heavy atom. The lowest BCUT2D eigenvalue weighted by Gasteiger charge is -2.09. The average Bonchev–Trinajstić information content (AvgIpc) is 2.64. The summed E-state index contributed by atoms with van der Waals surface area (Å²) in [6.07, 6.45) is 5.03. The first-order chi connectivity index (χ1) is 13.4. The largest absolute Gasteiger partial charge is 0.489 e. The Bertz CT molecular complexity index is 785. The smallest absolute Gasteiger partial charge is 0.304 e. The molecule has 2 aromatic carbocycles. The summed E-state index contributed by atoms with van der Waals surface area (Å²) in [5.74, 6) is 0.576. The van der Waals surface area contributed by atoms with Gasteiger partial charge in [0.05, 0.1) is 11.4 Å². The third-order valence-corrected chi connectivity index (χ3v) is 4.45. The number of hydrogen-bond donors (Lipinski definition) is 2. The Morgan fingerprint density at radius 1 is 1.18 bits per heavy atom. The molecule has 0 aromatic heterocycles. The van der Waals surface area contributed by atoms with Crippen LogP contribution in [0.15, 0.2) is 48.5 Å². The van der Waals surface area contributed by atoms with E-state index in [2.05, 4.69) is 43.4 Å². The lowest BCUT2D eigenvalue weighted by atomic mass is 10.0.